The van der Waals surface area contributed by atoms with Crippen LogP contribution in [0.1, 0.15) is 32.1 Å². The molecular weight excluding hydrogens is 348 g/mol. The van der Waals surface area contributed by atoms with E-state index in [1.807, 2.05) is 0 Å². The van der Waals surface area contributed by atoms with E-state index in [1.165, 1.54) is 25.7 Å². The van der Waals surface area contributed by atoms with Crippen molar-refractivity contribution in [2.75, 3.05) is 0 Å². The first-order valence-electron chi connectivity index (χ1n) is 5.13. The van der Waals surface area contributed by atoms with Crippen molar-refractivity contribution in [3.63, 3.8) is 0 Å². The van der Waals surface area contributed by atoms with Crippen molar-refractivity contribution in [1.29, 1.82) is 0 Å². The average molecular weight is 367 g/mol. The second kappa shape index (κ2) is 10.7. The standard InChI is InChI=1S/C8H12.C5H6.Ir/c1-2-4-6-8-7-5-3-1;1-2-4-5-3-1;/h1-4H,5-8H2;1-4H,5H2;/q;;+3/b3-1-,4-2-;;. The molecule has 0 heterocycles. The summed E-state index contributed by atoms with van der Waals surface area (Å²) in [5, 5.41) is 0. The zero-order valence-electron chi connectivity index (χ0n) is 8.49. The average Bonchev–Trinajstić information content (AvgIpc) is 2.58. The van der Waals surface area contributed by atoms with Gasteiger partial charge in [0.2, 0.25) is 0 Å². The minimum Gasteiger partial charge on any atom is -0.0845 e. The monoisotopic (exact) mass is 367 g/mol. The van der Waals surface area contributed by atoms with Gasteiger partial charge in [-0.3, -0.25) is 0 Å². The van der Waals surface area contributed by atoms with Crippen molar-refractivity contribution in [2.24, 2.45) is 0 Å². The van der Waals surface area contributed by atoms with Crippen molar-refractivity contribution in [3.05, 3.63) is 48.6 Å². The summed E-state index contributed by atoms with van der Waals surface area (Å²) in [6, 6.07) is 0. The summed E-state index contributed by atoms with van der Waals surface area (Å²) in [6.07, 6.45) is 23.5. The maximum absolute atomic E-state index is 2.23. The number of hydrogen-bond donors (Lipinski definition) is 0. The molecule has 0 saturated carbocycles. The first-order valence-corrected chi connectivity index (χ1v) is 5.13. The molecule has 0 aromatic carbocycles. The quantitative estimate of drug-likeness (QED) is 0.604. The molecule has 2 aliphatic carbocycles. The molecule has 1 heteroatoms. The molecule has 0 nitrogen and oxygen atoms in total. The van der Waals surface area contributed by atoms with Gasteiger partial charge in [0.1, 0.15) is 0 Å². The Hall–Kier alpha value is -0.391. The predicted octanol–water partition coefficient (Wildman–Crippen LogP) is 4.17. The maximum Gasteiger partial charge on any atom is 3.00 e. The molecular formula is C13H18Ir+3. The van der Waals surface area contributed by atoms with Crippen LogP contribution >= 0.6 is 0 Å². The van der Waals surface area contributed by atoms with Gasteiger partial charge in [0.15, 0.2) is 0 Å². The molecule has 0 aromatic rings. The smallest absolute Gasteiger partial charge is 0.0845 e. The normalized spacial score (nSPS) is 22.3. The van der Waals surface area contributed by atoms with Crippen LogP contribution in [0.15, 0.2) is 48.6 Å². The Labute approximate surface area is 101 Å². The van der Waals surface area contributed by atoms with Crippen molar-refractivity contribution in [3.8, 4) is 0 Å². The third-order valence-electron chi connectivity index (χ3n) is 2.03. The van der Waals surface area contributed by atoms with Crippen molar-refractivity contribution in [1.82, 2.24) is 0 Å². The third-order valence-corrected chi connectivity index (χ3v) is 2.03. The summed E-state index contributed by atoms with van der Waals surface area (Å²) in [5.41, 5.74) is 0. The summed E-state index contributed by atoms with van der Waals surface area (Å²) in [6.45, 7) is 0. The zero-order valence-corrected chi connectivity index (χ0v) is 10.9. The van der Waals surface area contributed by atoms with Gasteiger partial charge in [0.05, 0.1) is 0 Å². The molecule has 76 valence electrons. The summed E-state index contributed by atoms with van der Waals surface area (Å²) >= 11 is 0. The maximum atomic E-state index is 2.23. The molecule has 0 spiro atoms. The van der Waals surface area contributed by atoms with E-state index in [9.17, 15) is 0 Å². The van der Waals surface area contributed by atoms with Gasteiger partial charge in [-0.2, -0.15) is 0 Å². The minimum absolute atomic E-state index is 0. The molecule has 2 rings (SSSR count). The van der Waals surface area contributed by atoms with E-state index in [0.717, 1.165) is 6.42 Å². The summed E-state index contributed by atoms with van der Waals surface area (Å²) in [5.74, 6) is 0. The van der Waals surface area contributed by atoms with Crippen LogP contribution in [0.25, 0.3) is 0 Å². The first kappa shape index (κ1) is 13.6. The van der Waals surface area contributed by atoms with Crippen LogP contribution in [0.4, 0.5) is 0 Å². The second-order valence-electron chi connectivity index (χ2n) is 3.23. The fraction of sp³-hybridized carbons (Fsp3) is 0.385. The van der Waals surface area contributed by atoms with Gasteiger partial charge in [-0.15, -0.1) is 0 Å². The van der Waals surface area contributed by atoms with E-state index in [1.54, 1.807) is 0 Å². The Morgan fingerprint density at radius 2 is 1.00 bits per heavy atom. The van der Waals surface area contributed by atoms with Crippen molar-refractivity contribution in [2.45, 2.75) is 32.1 Å². The van der Waals surface area contributed by atoms with Crippen LogP contribution in [0.2, 0.25) is 0 Å². The fourth-order valence-electron chi connectivity index (χ4n) is 1.27. The molecule has 0 radical (unpaired) electrons. The fourth-order valence-corrected chi connectivity index (χ4v) is 1.27. The van der Waals surface area contributed by atoms with E-state index < -0.39 is 0 Å². The van der Waals surface area contributed by atoms with Gasteiger partial charge >= 0.3 is 20.1 Å². The van der Waals surface area contributed by atoms with Gasteiger partial charge in [-0.25, -0.2) is 0 Å². The van der Waals surface area contributed by atoms with E-state index in [2.05, 4.69) is 48.6 Å². The summed E-state index contributed by atoms with van der Waals surface area (Å²) < 4.78 is 0. The van der Waals surface area contributed by atoms with Crippen LogP contribution in [0.5, 0.6) is 0 Å². The SMILES string of the molecule is C1=CCC=C1.C1=C\CCCC\C=C/1.[Ir+3]. The molecule has 0 N–H and O–H groups in total. The Kier molecular flexibility index (Phi) is 10.4. The minimum atomic E-state index is 0. The molecule has 2 aliphatic rings. The number of allylic oxidation sites excluding steroid dienone is 8. The van der Waals surface area contributed by atoms with E-state index in [4.69, 9.17) is 0 Å². The molecule has 0 atom stereocenters. The molecule has 0 aliphatic heterocycles. The zero-order chi connectivity index (χ0) is 9.19. The van der Waals surface area contributed by atoms with E-state index in [0.29, 0.717) is 0 Å². The van der Waals surface area contributed by atoms with E-state index >= 15 is 0 Å². The van der Waals surface area contributed by atoms with Gasteiger partial charge < -0.3 is 0 Å². The molecule has 0 aromatic heterocycles. The third kappa shape index (κ3) is 8.22. The van der Waals surface area contributed by atoms with Crippen molar-refractivity contribution < 1.29 is 20.1 Å². The molecule has 0 amide bonds. The molecule has 0 saturated heterocycles. The largest absolute Gasteiger partial charge is 3.00 e. The Morgan fingerprint density at radius 3 is 1.36 bits per heavy atom. The summed E-state index contributed by atoms with van der Waals surface area (Å²) in [4.78, 5) is 0. The molecule has 0 fully saturated rings. The van der Waals surface area contributed by atoms with Crippen LogP contribution in [-0.2, 0) is 20.1 Å². The van der Waals surface area contributed by atoms with Gasteiger partial charge in [0.25, 0.3) is 0 Å². The van der Waals surface area contributed by atoms with E-state index in [-0.39, 0.29) is 20.1 Å². The first-order chi connectivity index (χ1) is 6.50. The Morgan fingerprint density at radius 1 is 0.571 bits per heavy atom. The van der Waals surface area contributed by atoms with Crippen LogP contribution in [-0.4, -0.2) is 0 Å². The van der Waals surface area contributed by atoms with Gasteiger partial charge in [-0.05, 0) is 32.1 Å². The van der Waals surface area contributed by atoms with Gasteiger partial charge in [0, 0.05) is 0 Å². The second-order valence-corrected chi connectivity index (χ2v) is 3.23. The topological polar surface area (TPSA) is 0 Å². The Bertz CT molecular complexity index is 197. The van der Waals surface area contributed by atoms with Crippen molar-refractivity contribution >= 4 is 0 Å². The predicted molar refractivity (Wildman–Crippen MR) is 59.6 cm³/mol. The molecule has 0 bridgehead atoms. The van der Waals surface area contributed by atoms with Gasteiger partial charge in [-0.1, -0.05) is 48.6 Å². The van der Waals surface area contributed by atoms with Crippen LogP contribution < -0.4 is 0 Å². The molecule has 14 heavy (non-hydrogen) atoms. The van der Waals surface area contributed by atoms with Crippen LogP contribution in [0, 0.1) is 0 Å². The summed E-state index contributed by atoms with van der Waals surface area (Å²) in [7, 11) is 0. The van der Waals surface area contributed by atoms with Crippen LogP contribution in [0.3, 0.4) is 0 Å². The molecule has 0 unspecified atom stereocenters. The Balaban J connectivity index is 0.000000246. The number of hydrogen-bond acceptors (Lipinski definition) is 0. The number of rotatable bonds is 0.